The molecule has 3 aliphatic rings. The molecule has 2 nitrogen and oxygen atoms in total. The number of hydrogen-bond acceptors (Lipinski definition) is 1. The average Bonchev–Trinajstić information content (AvgIpc) is 3.84. The molecule has 2 aliphatic heterocycles. The predicted molar refractivity (Wildman–Crippen MR) is 243 cm³/mol. The van der Waals surface area contributed by atoms with Crippen LogP contribution < -0.4 is 9.48 Å². The largest absolute Gasteiger partial charge is 0.313 e. The molecule has 0 spiro atoms. The van der Waals surface area contributed by atoms with Crippen LogP contribution in [0.3, 0.4) is 0 Å². The molecule has 10 rings (SSSR count). The lowest BCUT2D eigenvalue weighted by Crippen LogP contribution is -2.28. The molecule has 0 amide bonds. The van der Waals surface area contributed by atoms with E-state index in [1.165, 1.54) is 89.1 Å². The van der Waals surface area contributed by atoms with Crippen LogP contribution in [0.4, 0.5) is 22.7 Å². The fourth-order valence-corrected chi connectivity index (χ4v) is 9.95. The molecule has 0 unspecified atom stereocenters. The van der Waals surface area contributed by atoms with Gasteiger partial charge in [-0.05, 0) is 106 Å². The Morgan fingerprint density at radius 1 is 0.526 bits per heavy atom. The Balaban J connectivity index is 1.12. The number of hydrogen-bond donors (Lipinski definition) is 0. The summed E-state index contributed by atoms with van der Waals surface area (Å²) in [7, 11) is 0. The lowest BCUT2D eigenvalue weighted by molar-refractivity contribution is 0.649. The van der Waals surface area contributed by atoms with Gasteiger partial charge in [-0.25, -0.2) is 0 Å². The normalized spacial score (nSPS) is 18.5. The molecule has 0 saturated heterocycles. The van der Waals surface area contributed by atoms with Gasteiger partial charge in [0.25, 0.3) is 0 Å². The number of anilines is 2. The second-order valence-corrected chi connectivity index (χ2v) is 16.7. The molecule has 0 saturated carbocycles. The van der Waals surface area contributed by atoms with Crippen LogP contribution in [0.2, 0.25) is 0 Å². The molecule has 0 fully saturated rings. The molecule has 7 aromatic rings. The Kier molecular flexibility index (Phi) is 8.34. The SMILES string of the molecule is CC1(C)C(/C=C/C2=C(c3ccccc3)C(=C/C=C3/N(c4ccccc4)c4ccc5ccccc5c4C3(C)C)/CC2)=[N+](c2ccccc2)c2ccc3ccccc3c21. The van der Waals surface area contributed by atoms with E-state index in [0.29, 0.717) is 0 Å². The maximum absolute atomic E-state index is 2.48. The van der Waals surface area contributed by atoms with Crippen LogP contribution in [0, 0.1) is 0 Å². The van der Waals surface area contributed by atoms with E-state index in [2.05, 4.69) is 225 Å². The van der Waals surface area contributed by atoms with Gasteiger partial charge in [-0.1, -0.05) is 147 Å². The highest BCUT2D eigenvalue weighted by Crippen LogP contribution is 2.54. The molecule has 0 atom stereocenters. The van der Waals surface area contributed by atoms with Gasteiger partial charge >= 0.3 is 0 Å². The maximum Gasteiger partial charge on any atom is 0.216 e. The van der Waals surface area contributed by atoms with E-state index in [1.807, 2.05) is 0 Å². The number of para-hydroxylation sites is 2. The Bertz CT molecular complexity index is 2870. The number of rotatable bonds is 6. The Hall–Kier alpha value is -6.51. The quantitative estimate of drug-likeness (QED) is 0.154. The monoisotopic (exact) mass is 735 g/mol. The molecule has 2 heteroatoms. The van der Waals surface area contributed by atoms with Crippen LogP contribution in [0.25, 0.3) is 27.1 Å². The summed E-state index contributed by atoms with van der Waals surface area (Å²) in [5.74, 6) is 0. The highest BCUT2D eigenvalue weighted by atomic mass is 15.2. The summed E-state index contributed by atoms with van der Waals surface area (Å²) in [5.41, 5.74) is 15.2. The predicted octanol–water partition coefficient (Wildman–Crippen LogP) is 14.3. The first-order valence-electron chi connectivity index (χ1n) is 20.3. The van der Waals surface area contributed by atoms with Crippen LogP contribution in [0.1, 0.15) is 57.2 Å². The molecular weight excluding hydrogens is 689 g/mol. The summed E-state index contributed by atoms with van der Waals surface area (Å²) in [6.45, 7) is 9.57. The van der Waals surface area contributed by atoms with Gasteiger partial charge in [-0.15, -0.1) is 0 Å². The number of allylic oxidation sites excluding steroid dienone is 8. The van der Waals surface area contributed by atoms with E-state index in [-0.39, 0.29) is 10.8 Å². The van der Waals surface area contributed by atoms with E-state index in [0.717, 1.165) is 12.8 Å². The number of nitrogens with zero attached hydrogens (tertiary/aromatic N) is 2. The van der Waals surface area contributed by atoms with E-state index in [9.17, 15) is 0 Å². The van der Waals surface area contributed by atoms with Crippen molar-refractivity contribution in [3.8, 4) is 0 Å². The van der Waals surface area contributed by atoms with Crippen LogP contribution in [-0.4, -0.2) is 5.71 Å². The standard InChI is InChI=1S/C55H47N2/c1-54(2)49(56(43-22-10-6-11-23-43)47-34-30-38-18-14-16-26-45(38)52(47)54)36-32-41-28-29-42(51(41)40-20-8-5-9-21-40)33-37-50-55(3,4)53-46-27-17-15-19-39(46)31-35-48(53)57(50)44-24-12-7-13-25-44/h5-27,30-37H,28-29H2,1-4H3/q+1. The Morgan fingerprint density at radius 2 is 1.12 bits per heavy atom. The smallest absolute Gasteiger partial charge is 0.216 e. The molecule has 1 aliphatic carbocycles. The lowest BCUT2D eigenvalue weighted by atomic mass is 9.79. The van der Waals surface area contributed by atoms with Crippen molar-refractivity contribution in [2.75, 3.05) is 4.90 Å². The minimum Gasteiger partial charge on any atom is -0.313 e. The van der Waals surface area contributed by atoms with E-state index < -0.39 is 0 Å². The van der Waals surface area contributed by atoms with E-state index in [1.54, 1.807) is 0 Å². The summed E-state index contributed by atoms with van der Waals surface area (Å²) in [6.07, 6.45) is 11.7. The summed E-state index contributed by atoms with van der Waals surface area (Å²) >= 11 is 0. The van der Waals surface area contributed by atoms with Gasteiger partial charge < -0.3 is 4.90 Å². The second kappa shape index (κ2) is 13.6. The van der Waals surface area contributed by atoms with Gasteiger partial charge in [-0.3, -0.25) is 0 Å². The topological polar surface area (TPSA) is 6.25 Å². The van der Waals surface area contributed by atoms with Crippen molar-refractivity contribution < 1.29 is 0 Å². The molecule has 2 heterocycles. The highest BCUT2D eigenvalue weighted by Gasteiger charge is 2.47. The van der Waals surface area contributed by atoms with E-state index in [4.69, 9.17) is 0 Å². The molecule has 57 heavy (non-hydrogen) atoms. The second-order valence-electron chi connectivity index (χ2n) is 16.7. The molecule has 0 bridgehead atoms. The minimum absolute atomic E-state index is 0.216. The van der Waals surface area contributed by atoms with Crippen molar-refractivity contribution in [2.24, 2.45) is 0 Å². The number of benzene rings is 7. The van der Waals surface area contributed by atoms with Crippen molar-refractivity contribution in [3.05, 3.63) is 222 Å². The summed E-state index contributed by atoms with van der Waals surface area (Å²) in [5, 5.41) is 5.21. The number of fused-ring (bicyclic) bond motifs is 6. The van der Waals surface area contributed by atoms with Crippen LogP contribution in [0.5, 0.6) is 0 Å². The molecule has 0 aromatic heterocycles. The van der Waals surface area contributed by atoms with Crippen molar-refractivity contribution in [2.45, 2.75) is 51.4 Å². The zero-order chi connectivity index (χ0) is 38.7. The zero-order valence-electron chi connectivity index (χ0n) is 33.2. The molecule has 0 radical (unpaired) electrons. The van der Waals surface area contributed by atoms with Crippen LogP contribution in [0.15, 0.2) is 205 Å². The summed E-state index contributed by atoms with van der Waals surface area (Å²) < 4.78 is 2.48. The van der Waals surface area contributed by atoms with Crippen molar-refractivity contribution in [1.29, 1.82) is 0 Å². The molecule has 276 valence electrons. The van der Waals surface area contributed by atoms with Gasteiger partial charge in [-0.2, -0.15) is 4.58 Å². The third-order valence-electron chi connectivity index (χ3n) is 12.6. The van der Waals surface area contributed by atoms with Crippen molar-refractivity contribution >= 4 is 55.6 Å². The first-order chi connectivity index (χ1) is 27.8. The fourth-order valence-electron chi connectivity index (χ4n) is 9.95. The highest BCUT2D eigenvalue weighted by molar-refractivity contribution is 6.14. The summed E-state index contributed by atoms with van der Waals surface area (Å²) in [4.78, 5) is 2.48. The third-order valence-corrected chi connectivity index (χ3v) is 12.6. The molecular formula is C55H47N2+. The van der Waals surface area contributed by atoms with Gasteiger partial charge in [0.05, 0.1) is 11.1 Å². The van der Waals surface area contributed by atoms with Crippen LogP contribution >= 0.6 is 0 Å². The van der Waals surface area contributed by atoms with Gasteiger partial charge in [0.15, 0.2) is 5.71 Å². The van der Waals surface area contributed by atoms with Gasteiger partial charge in [0, 0.05) is 46.6 Å². The molecule has 0 N–H and O–H groups in total. The Labute approximate surface area is 336 Å². The van der Waals surface area contributed by atoms with Gasteiger partial charge in [0.2, 0.25) is 11.4 Å². The lowest BCUT2D eigenvalue weighted by Gasteiger charge is -2.27. The van der Waals surface area contributed by atoms with E-state index >= 15 is 0 Å². The minimum atomic E-state index is -0.216. The zero-order valence-corrected chi connectivity index (χ0v) is 33.2. The average molecular weight is 736 g/mol. The van der Waals surface area contributed by atoms with Crippen LogP contribution in [-0.2, 0) is 10.8 Å². The van der Waals surface area contributed by atoms with Crippen molar-refractivity contribution in [3.63, 3.8) is 0 Å². The summed E-state index contributed by atoms with van der Waals surface area (Å²) in [6, 6.07) is 59.6. The maximum atomic E-state index is 2.48. The third kappa shape index (κ3) is 5.65. The first-order valence-corrected chi connectivity index (χ1v) is 20.3. The Morgan fingerprint density at radius 3 is 1.82 bits per heavy atom. The van der Waals surface area contributed by atoms with Crippen molar-refractivity contribution in [1.82, 2.24) is 4.58 Å². The van der Waals surface area contributed by atoms with Gasteiger partial charge in [0.1, 0.15) is 0 Å². The first kappa shape index (κ1) is 34.9. The molecule has 7 aromatic carbocycles. The fraction of sp³-hybridized carbons (Fsp3) is 0.145.